The van der Waals surface area contributed by atoms with Gasteiger partial charge >= 0.3 is 5.97 Å². The number of ether oxygens (including phenoxy) is 1. The number of imide groups is 1. The fourth-order valence-corrected chi connectivity index (χ4v) is 7.55. The van der Waals surface area contributed by atoms with Crippen molar-refractivity contribution in [3.8, 4) is 12.3 Å². The summed E-state index contributed by atoms with van der Waals surface area (Å²) in [5.74, 6) is 1.87. The number of hydrogen-bond acceptors (Lipinski definition) is 7. The number of aliphatic hydroxyl groups is 1. The first-order valence-corrected chi connectivity index (χ1v) is 16.1. The molecule has 2 saturated carbocycles. The molecule has 3 unspecified atom stereocenters. The molecule has 3 atom stereocenters. The molecule has 3 aliphatic heterocycles. The average molecular weight is 594 g/mol. The Kier molecular flexibility index (Phi) is 8.93. The number of nitrogens with zero attached hydrogens (tertiary/aromatic N) is 2. The number of carbonyl (C=O) groups is 4. The van der Waals surface area contributed by atoms with Crippen molar-refractivity contribution in [1.82, 2.24) is 15.1 Å². The Hall–Kier alpha value is -2.96. The number of amides is 3. The van der Waals surface area contributed by atoms with Crippen LogP contribution >= 0.6 is 0 Å². The van der Waals surface area contributed by atoms with E-state index in [9.17, 15) is 24.3 Å². The smallest absolute Gasteiger partial charge is 0.309 e. The molecule has 0 radical (unpaired) electrons. The van der Waals surface area contributed by atoms with Crippen LogP contribution in [0.25, 0.3) is 0 Å². The SMILES string of the molecule is C#C/C=C1\C(=C/CN2CCC(CC3(O)CCCC(C(=O)OC(C)(C)C)CC3)CC2)C2(CC2)C(=O)N1C1CCC(=O)NC1=O. The van der Waals surface area contributed by atoms with Crippen molar-refractivity contribution in [3.63, 3.8) is 0 Å². The first-order chi connectivity index (χ1) is 20.3. The number of carbonyl (C=O) groups excluding carboxylic acids is 4. The van der Waals surface area contributed by atoms with Crippen molar-refractivity contribution in [2.75, 3.05) is 19.6 Å². The molecule has 5 fully saturated rings. The molecule has 0 bridgehead atoms. The van der Waals surface area contributed by atoms with Crippen molar-refractivity contribution in [1.29, 1.82) is 0 Å². The average Bonchev–Trinajstić information content (AvgIpc) is 3.72. The minimum atomic E-state index is -0.734. The van der Waals surface area contributed by atoms with Crippen molar-refractivity contribution in [2.24, 2.45) is 17.3 Å². The minimum absolute atomic E-state index is 0.0843. The lowest BCUT2D eigenvalue weighted by molar-refractivity contribution is -0.160. The molecule has 0 aromatic carbocycles. The summed E-state index contributed by atoms with van der Waals surface area (Å²) in [6, 6.07) is -0.724. The molecule has 1 spiro atoms. The number of likely N-dealkylation sites (tertiary alicyclic amines) is 2. The number of hydrogen-bond donors (Lipinski definition) is 2. The topological polar surface area (TPSA) is 116 Å². The van der Waals surface area contributed by atoms with Crippen LogP contribution in [0.1, 0.15) is 97.8 Å². The Bertz CT molecular complexity index is 1240. The molecule has 3 amide bonds. The molecule has 2 aliphatic carbocycles. The van der Waals surface area contributed by atoms with Gasteiger partial charge in [0.05, 0.1) is 22.6 Å². The van der Waals surface area contributed by atoms with E-state index in [0.717, 1.165) is 70.0 Å². The summed E-state index contributed by atoms with van der Waals surface area (Å²) in [5, 5.41) is 13.9. The van der Waals surface area contributed by atoms with E-state index in [4.69, 9.17) is 11.2 Å². The molecule has 43 heavy (non-hydrogen) atoms. The number of rotatable bonds is 6. The molecule has 9 heteroatoms. The van der Waals surface area contributed by atoms with Gasteiger partial charge in [-0.25, -0.2) is 0 Å². The van der Waals surface area contributed by atoms with Crippen LogP contribution in [0.3, 0.4) is 0 Å². The van der Waals surface area contributed by atoms with Gasteiger partial charge in [-0.2, -0.15) is 0 Å². The van der Waals surface area contributed by atoms with Crippen LogP contribution in [0.5, 0.6) is 0 Å². The van der Waals surface area contributed by atoms with E-state index < -0.39 is 28.6 Å². The Morgan fingerprint density at radius 2 is 1.81 bits per heavy atom. The lowest BCUT2D eigenvalue weighted by Crippen LogP contribution is -2.52. The quantitative estimate of drug-likeness (QED) is 0.209. The van der Waals surface area contributed by atoms with Gasteiger partial charge in [0.15, 0.2) is 0 Å². The lowest BCUT2D eigenvalue weighted by atomic mass is 9.80. The number of nitrogens with one attached hydrogen (secondary N) is 1. The standard InChI is InChI=1S/C34H47N3O6/c1-5-7-26-25(34(17-18-34)31(41)37(26)27-9-10-28(38)35-29(27)39)14-21-36-19-12-23(13-20-36)22-33(42)15-6-8-24(11-16-33)30(40)43-32(2,3)4/h1,7,14,23-24,27,42H,6,8-13,15-22H2,2-4H3,(H,35,38,39)/b25-14+,26-7+. The van der Waals surface area contributed by atoms with E-state index in [1.54, 1.807) is 11.0 Å². The van der Waals surface area contributed by atoms with E-state index in [1.807, 2.05) is 20.8 Å². The summed E-state index contributed by atoms with van der Waals surface area (Å²) < 4.78 is 5.62. The molecule has 2 N–H and O–H groups in total. The van der Waals surface area contributed by atoms with Crippen LogP contribution < -0.4 is 5.32 Å². The summed E-state index contributed by atoms with van der Waals surface area (Å²) >= 11 is 0. The summed E-state index contributed by atoms with van der Waals surface area (Å²) in [6.07, 6.45) is 17.7. The van der Waals surface area contributed by atoms with Gasteiger partial charge in [0, 0.05) is 19.0 Å². The summed E-state index contributed by atoms with van der Waals surface area (Å²) in [4.78, 5) is 54.6. The largest absolute Gasteiger partial charge is 0.460 e. The number of allylic oxidation sites excluding steroid dienone is 2. The summed E-state index contributed by atoms with van der Waals surface area (Å²) in [7, 11) is 0. The molecule has 9 nitrogen and oxygen atoms in total. The van der Waals surface area contributed by atoms with Crippen molar-refractivity contribution in [3.05, 3.63) is 23.4 Å². The lowest BCUT2D eigenvalue weighted by Gasteiger charge is -2.36. The minimum Gasteiger partial charge on any atom is -0.460 e. The highest BCUT2D eigenvalue weighted by Gasteiger charge is 2.63. The van der Waals surface area contributed by atoms with Crippen LogP contribution in [-0.2, 0) is 23.9 Å². The zero-order valence-corrected chi connectivity index (χ0v) is 26.0. The second kappa shape index (κ2) is 12.2. The number of terminal acetylenes is 1. The van der Waals surface area contributed by atoms with Gasteiger partial charge < -0.3 is 9.84 Å². The molecule has 0 aromatic heterocycles. The third-order valence-corrected chi connectivity index (χ3v) is 9.99. The van der Waals surface area contributed by atoms with E-state index >= 15 is 0 Å². The van der Waals surface area contributed by atoms with E-state index in [1.165, 1.54) is 0 Å². The molecule has 5 rings (SSSR count). The van der Waals surface area contributed by atoms with Gasteiger partial charge in [-0.15, -0.1) is 6.42 Å². The van der Waals surface area contributed by atoms with E-state index in [2.05, 4.69) is 22.2 Å². The molecule has 0 aromatic rings. The number of piperidine rings is 2. The van der Waals surface area contributed by atoms with Gasteiger partial charge in [-0.05, 0) is 116 Å². The van der Waals surface area contributed by atoms with Crippen LogP contribution in [0.2, 0.25) is 0 Å². The van der Waals surface area contributed by atoms with Gasteiger partial charge in [0.25, 0.3) is 0 Å². The van der Waals surface area contributed by atoms with Gasteiger partial charge in [-0.3, -0.25) is 34.3 Å². The maximum atomic E-state index is 13.6. The summed E-state index contributed by atoms with van der Waals surface area (Å²) in [6.45, 7) is 8.15. The first-order valence-electron chi connectivity index (χ1n) is 16.1. The van der Waals surface area contributed by atoms with E-state index in [0.29, 0.717) is 37.4 Å². The fraction of sp³-hybridized carbons (Fsp3) is 0.706. The Morgan fingerprint density at radius 3 is 2.44 bits per heavy atom. The van der Waals surface area contributed by atoms with E-state index in [-0.39, 0.29) is 30.1 Å². The molecule has 234 valence electrons. The van der Waals surface area contributed by atoms with Gasteiger partial charge in [-0.1, -0.05) is 12.0 Å². The Labute approximate surface area is 255 Å². The molecule has 3 heterocycles. The predicted octanol–water partition coefficient (Wildman–Crippen LogP) is 3.61. The normalized spacial score (nSPS) is 32.2. The van der Waals surface area contributed by atoms with Crippen molar-refractivity contribution < 1.29 is 29.0 Å². The highest BCUT2D eigenvalue weighted by molar-refractivity contribution is 6.05. The van der Waals surface area contributed by atoms with Crippen LogP contribution in [0.15, 0.2) is 23.4 Å². The zero-order chi connectivity index (χ0) is 31.0. The molecular formula is C34H47N3O6. The second-order valence-corrected chi connectivity index (χ2v) is 14.4. The fourth-order valence-electron chi connectivity index (χ4n) is 7.55. The highest BCUT2D eigenvalue weighted by Crippen LogP contribution is 2.61. The maximum Gasteiger partial charge on any atom is 0.309 e. The zero-order valence-electron chi connectivity index (χ0n) is 26.0. The monoisotopic (exact) mass is 593 g/mol. The molecule has 3 saturated heterocycles. The first kappa shape index (κ1) is 31.5. The third-order valence-electron chi connectivity index (χ3n) is 9.99. The van der Waals surface area contributed by atoms with Crippen LogP contribution in [0.4, 0.5) is 0 Å². The van der Waals surface area contributed by atoms with Crippen LogP contribution in [0, 0.1) is 29.6 Å². The number of esters is 1. The Balaban J connectivity index is 1.17. The summed E-state index contributed by atoms with van der Waals surface area (Å²) in [5.41, 5.74) is -0.308. The van der Waals surface area contributed by atoms with Gasteiger partial charge in [0.1, 0.15) is 11.6 Å². The van der Waals surface area contributed by atoms with Crippen LogP contribution in [-0.4, -0.2) is 75.5 Å². The van der Waals surface area contributed by atoms with Crippen molar-refractivity contribution in [2.45, 2.75) is 115 Å². The second-order valence-electron chi connectivity index (χ2n) is 14.4. The highest BCUT2D eigenvalue weighted by atomic mass is 16.6. The molecule has 5 aliphatic rings. The van der Waals surface area contributed by atoms with Gasteiger partial charge in [0.2, 0.25) is 17.7 Å². The Morgan fingerprint density at radius 1 is 1.09 bits per heavy atom. The van der Waals surface area contributed by atoms with Crippen molar-refractivity contribution >= 4 is 23.7 Å². The predicted molar refractivity (Wildman–Crippen MR) is 161 cm³/mol. The third kappa shape index (κ3) is 6.91. The molecular weight excluding hydrogens is 546 g/mol. The maximum absolute atomic E-state index is 13.6.